The van der Waals surface area contributed by atoms with Gasteiger partial charge >= 0.3 is 12.0 Å². The predicted octanol–water partition coefficient (Wildman–Crippen LogP) is 2.44. The van der Waals surface area contributed by atoms with Gasteiger partial charge in [-0.2, -0.15) is 4.68 Å². The molecule has 1 aromatic heterocycles. The molecule has 1 amide bonds. The third-order valence-corrected chi connectivity index (χ3v) is 3.95. The van der Waals surface area contributed by atoms with Crippen molar-refractivity contribution in [3.05, 3.63) is 18.0 Å². The molecular formula is C14H22N4O3S. The molecule has 0 aromatic carbocycles. The van der Waals surface area contributed by atoms with Crippen LogP contribution < -0.4 is 0 Å². The molecule has 0 aliphatic heterocycles. The van der Waals surface area contributed by atoms with Gasteiger partial charge in [0.25, 0.3) is 0 Å². The maximum absolute atomic E-state index is 12.1. The number of hydrogen-bond acceptors (Lipinski definition) is 5. The number of aromatic nitrogens is 3. The summed E-state index contributed by atoms with van der Waals surface area (Å²) >= 11 is 1.39. The Morgan fingerprint density at radius 2 is 2.14 bits per heavy atom. The second kappa shape index (κ2) is 8.57. The summed E-state index contributed by atoms with van der Waals surface area (Å²) in [4.78, 5) is 28.4. The molecule has 0 radical (unpaired) electrons. The van der Waals surface area contributed by atoms with Crippen molar-refractivity contribution in [2.75, 3.05) is 19.8 Å². The number of carbonyl (C=O) groups is 2. The first-order valence-corrected chi connectivity index (χ1v) is 8.06. The first kappa shape index (κ1) is 18.2. The summed E-state index contributed by atoms with van der Waals surface area (Å²) in [6.07, 6.45) is 4.17. The van der Waals surface area contributed by atoms with Gasteiger partial charge in [0.2, 0.25) is 0 Å². The number of carbonyl (C=O) groups excluding carboxylic acids is 1. The van der Waals surface area contributed by atoms with E-state index < -0.39 is 5.97 Å². The van der Waals surface area contributed by atoms with Crippen molar-refractivity contribution >= 4 is 23.8 Å². The topological polar surface area (TPSA) is 88.3 Å². The Morgan fingerprint density at radius 3 is 2.68 bits per heavy atom. The predicted molar refractivity (Wildman–Crippen MR) is 85.3 cm³/mol. The van der Waals surface area contributed by atoms with Gasteiger partial charge in [-0.05, 0) is 12.8 Å². The molecule has 0 aliphatic rings. The van der Waals surface area contributed by atoms with Crippen LogP contribution in [0.4, 0.5) is 4.79 Å². The van der Waals surface area contributed by atoms with Crippen LogP contribution in [0.1, 0.15) is 38.4 Å². The van der Waals surface area contributed by atoms with Crippen LogP contribution in [0.2, 0.25) is 0 Å². The van der Waals surface area contributed by atoms with Crippen LogP contribution in [-0.4, -0.2) is 56.6 Å². The normalized spacial score (nSPS) is 12.5. The lowest BCUT2D eigenvalue weighted by atomic mass is 10.1. The van der Waals surface area contributed by atoms with Crippen LogP contribution >= 0.6 is 11.8 Å². The third kappa shape index (κ3) is 5.18. The molecule has 1 heterocycles. The number of rotatable bonds is 7. The fourth-order valence-corrected chi connectivity index (χ4v) is 2.35. The lowest BCUT2D eigenvalue weighted by Gasteiger charge is -2.10. The molecule has 0 saturated heterocycles. The van der Waals surface area contributed by atoms with Crippen LogP contribution in [0.15, 0.2) is 17.3 Å². The van der Waals surface area contributed by atoms with Crippen LogP contribution in [0.3, 0.4) is 0 Å². The molecule has 7 nitrogen and oxygen atoms in total. The number of carboxylic acid groups (broad SMARTS) is 1. The largest absolute Gasteiger partial charge is 0.478 e. The van der Waals surface area contributed by atoms with E-state index in [0.717, 1.165) is 12.5 Å². The van der Waals surface area contributed by atoms with Gasteiger partial charge in [0.05, 0.1) is 0 Å². The zero-order chi connectivity index (χ0) is 16.7. The summed E-state index contributed by atoms with van der Waals surface area (Å²) in [6.45, 7) is 4.06. The highest BCUT2D eigenvalue weighted by molar-refractivity contribution is 7.99. The van der Waals surface area contributed by atoms with Gasteiger partial charge < -0.3 is 10.0 Å². The summed E-state index contributed by atoms with van der Waals surface area (Å²) in [6, 6.07) is -0.245. The first-order chi connectivity index (χ1) is 10.4. The summed E-state index contributed by atoms with van der Waals surface area (Å²) in [5, 5.41) is 13.4. The van der Waals surface area contributed by atoms with Crippen LogP contribution in [0.25, 0.3) is 0 Å². The first-order valence-electron chi connectivity index (χ1n) is 7.07. The lowest BCUT2D eigenvalue weighted by molar-refractivity contribution is -0.131. The maximum Gasteiger partial charge on any atom is 0.346 e. The molecule has 22 heavy (non-hydrogen) atoms. The molecule has 1 unspecified atom stereocenters. The summed E-state index contributed by atoms with van der Waals surface area (Å²) in [5.41, 5.74) is 0. The summed E-state index contributed by atoms with van der Waals surface area (Å²) < 4.78 is 1.31. The van der Waals surface area contributed by atoms with Crippen molar-refractivity contribution < 1.29 is 14.7 Å². The van der Waals surface area contributed by atoms with Crippen molar-refractivity contribution in [2.24, 2.45) is 0 Å². The van der Waals surface area contributed by atoms with Gasteiger partial charge in [-0.15, -0.1) is 5.10 Å². The molecule has 122 valence electrons. The standard InChI is InChI=1S/C14H22N4O3S/c1-5-10(2)12-15-13(18(16-12)14(21)17(3)4)22-9-7-6-8-11(19)20/h6,8,10H,5,7,9H2,1-4H3,(H,19,20). The van der Waals surface area contributed by atoms with Gasteiger partial charge in [-0.1, -0.05) is 31.7 Å². The fraction of sp³-hybridized carbons (Fsp3) is 0.571. The molecular weight excluding hydrogens is 304 g/mol. The highest BCUT2D eigenvalue weighted by atomic mass is 32.2. The zero-order valence-electron chi connectivity index (χ0n) is 13.3. The number of hydrogen-bond donors (Lipinski definition) is 1. The molecule has 8 heteroatoms. The van der Waals surface area contributed by atoms with E-state index in [1.54, 1.807) is 20.2 Å². The second-order valence-electron chi connectivity index (χ2n) is 5.03. The number of carboxylic acids is 1. The zero-order valence-corrected chi connectivity index (χ0v) is 14.1. The SMILES string of the molecule is CCC(C)c1nc(SCCC=CC(=O)O)n(C(=O)N(C)C)n1. The van der Waals surface area contributed by atoms with E-state index >= 15 is 0 Å². The Kier molecular flexibility index (Phi) is 7.10. The molecule has 1 rings (SSSR count). The van der Waals surface area contributed by atoms with E-state index in [9.17, 15) is 9.59 Å². The fourth-order valence-electron chi connectivity index (χ4n) is 1.51. The summed E-state index contributed by atoms with van der Waals surface area (Å²) in [7, 11) is 3.33. The molecule has 0 fully saturated rings. The van der Waals surface area contributed by atoms with Crippen LogP contribution in [0.5, 0.6) is 0 Å². The average molecular weight is 326 g/mol. The Balaban J connectivity index is 2.84. The van der Waals surface area contributed by atoms with E-state index in [1.165, 1.54) is 21.3 Å². The van der Waals surface area contributed by atoms with E-state index in [0.29, 0.717) is 23.2 Å². The average Bonchev–Trinajstić information content (AvgIpc) is 2.88. The molecule has 1 N–H and O–H groups in total. The Labute approximate surface area is 134 Å². The monoisotopic (exact) mass is 326 g/mol. The second-order valence-corrected chi connectivity index (χ2v) is 6.09. The van der Waals surface area contributed by atoms with Crippen LogP contribution in [0, 0.1) is 0 Å². The van der Waals surface area contributed by atoms with Gasteiger partial charge in [-0.25, -0.2) is 14.6 Å². The number of allylic oxidation sites excluding steroid dienone is 1. The smallest absolute Gasteiger partial charge is 0.346 e. The maximum atomic E-state index is 12.1. The highest BCUT2D eigenvalue weighted by Crippen LogP contribution is 2.22. The van der Waals surface area contributed by atoms with Crippen molar-refractivity contribution in [1.29, 1.82) is 0 Å². The Morgan fingerprint density at radius 1 is 1.45 bits per heavy atom. The van der Waals surface area contributed by atoms with Crippen LogP contribution in [-0.2, 0) is 4.79 Å². The van der Waals surface area contributed by atoms with Crippen molar-refractivity contribution in [3.63, 3.8) is 0 Å². The van der Waals surface area contributed by atoms with Crippen molar-refractivity contribution in [2.45, 2.75) is 37.8 Å². The van der Waals surface area contributed by atoms with Crippen molar-refractivity contribution in [1.82, 2.24) is 19.7 Å². The molecule has 0 saturated carbocycles. The van der Waals surface area contributed by atoms with E-state index in [1.807, 2.05) is 13.8 Å². The molecule has 1 atom stereocenters. The Bertz CT molecular complexity index is 554. The molecule has 0 bridgehead atoms. The minimum absolute atomic E-state index is 0.183. The van der Waals surface area contributed by atoms with E-state index in [4.69, 9.17) is 5.11 Å². The quantitative estimate of drug-likeness (QED) is 0.470. The number of aliphatic carboxylic acids is 1. The van der Waals surface area contributed by atoms with Gasteiger partial charge in [0, 0.05) is 31.8 Å². The number of amides is 1. The number of nitrogens with zero attached hydrogens (tertiary/aromatic N) is 4. The number of thioether (sulfide) groups is 1. The van der Waals surface area contributed by atoms with E-state index in [-0.39, 0.29) is 11.9 Å². The van der Waals surface area contributed by atoms with E-state index in [2.05, 4.69) is 10.1 Å². The third-order valence-electron chi connectivity index (χ3n) is 2.99. The molecule has 0 spiro atoms. The highest BCUT2D eigenvalue weighted by Gasteiger charge is 2.20. The minimum Gasteiger partial charge on any atom is -0.478 e. The van der Waals surface area contributed by atoms with Gasteiger partial charge in [-0.3, -0.25) is 0 Å². The lowest BCUT2D eigenvalue weighted by Crippen LogP contribution is -2.28. The molecule has 0 aliphatic carbocycles. The molecule has 1 aromatic rings. The van der Waals surface area contributed by atoms with Gasteiger partial charge in [0.15, 0.2) is 11.0 Å². The minimum atomic E-state index is -0.963. The summed E-state index contributed by atoms with van der Waals surface area (Å²) in [5.74, 6) is 0.502. The van der Waals surface area contributed by atoms with Crippen molar-refractivity contribution in [3.8, 4) is 0 Å². The van der Waals surface area contributed by atoms with Gasteiger partial charge in [0.1, 0.15) is 0 Å². The Hall–Kier alpha value is -1.83.